The molecule has 0 unspecified atom stereocenters. The second kappa shape index (κ2) is 28.1. The molecule has 286 valence electrons. The molecule has 6 aromatic rings. The summed E-state index contributed by atoms with van der Waals surface area (Å²) < 4.78 is 0. The first-order chi connectivity index (χ1) is 27.5. The van der Waals surface area contributed by atoms with Gasteiger partial charge >= 0.3 is 0 Å². The highest BCUT2D eigenvalue weighted by molar-refractivity contribution is 5.93. The van der Waals surface area contributed by atoms with Crippen LogP contribution in [0.4, 0.5) is 5.69 Å². The Bertz CT molecular complexity index is 2150. The van der Waals surface area contributed by atoms with Crippen LogP contribution in [0.3, 0.4) is 0 Å². The van der Waals surface area contributed by atoms with Gasteiger partial charge in [-0.1, -0.05) is 203 Å². The molecule has 0 fully saturated rings. The van der Waals surface area contributed by atoms with Gasteiger partial charge in [0.2, 0.25) is 0 Å². The number of nitrogens with one attached hydrogen (secondary N) is 1. The van der Waals surface area contributed by atoms with Crippen molar-refractivity contribution >= 4 is 46.6 Å². The standard InChI is InChI=1S/C29H27N.C16H12.C4H8.C3H7N.C2H6/c1-4-13-23(24-15-9-7-10-16-24)21-22-30-28-20-19-25(14-5-2)27(6-3)29(28)26-17-11-8-12-18-26;1-2-6-13(7-3-1)16-11-10-14-8-4-5-9-15(14)12-16;1-3-4-2;1-2-3-4;1-2/h4-22H,3H2,1-2H3;1-12H;3-4H,1-2H3;3-4H,2H2,1H3;1-2H3/b13-4-,14-5-,23-21+,30-22?;;4-3-;;. The fourth-order valence-corrected chi connectivity index (χ4v) is 5.44. The smallest absolute Gasteiger partial charge is 0.0714 e. The van der Waals surface area contributed by atoms with Crippen molar-refractivity contribution in [2.24, 2.45) is 4.99 Å². The average molecular weight is 737 g/mol. The molecule has 0 amide bonds. The number of nitrogens with zero attached hydrogens (tertiary/aromatic N) is 1. The lowest BCUT2D eigenvalue weighted by atomic mass is 9.93. The third-order valence-corrected chi connectivity index (χ3v) is 8.19. The lowest BCUT2D eigenvalue weighted by Crippen LogP contribution is -1.89. The minimum Gasteiger partial charge on any atom is -0.313 e. The number of aliphatic imine (C=N–C) groups is 1. The van der Waals surface area contributed by atoms with Crippen LogP contribution in [0.25, 0.3) is 50.8 Å². The molecule has 0 saturated heterocycles. The summed E-state index contributed by atoms with van der Waals surface area (Å²) in [6, 6.07) is 50.4. The van der Waals surface area contributed by atoms with Gasteiger partial charge in [-0.2, -0.15) is 0 Å². The summed E-state index contributed by atoms with van der Waals surface area (Å²) in [4.78, 5) is 4.83. The zero-order valence-electron chi connectivity index (χ0n) is 34.5. The highest BCUT2D eigenvalue weighted by Crippen LogP contribution is 2.37. The maximum absolute atomic E-state index is 6.33. The Hall–Kier alpha value is -6.38. The summed E-state index contributed by atoms with van der Waals surface area (Å²) >= 11 is 0. The van der Waals surface area contributed by atoms with E-state index in [4.69, 9.17) is 10.4 Å². The molecular weight excluding hydrogens is 677 g/mol. The molecule has 0 radical (unpaired) electrons. The molecular formula is C54H60N2. The highest BCUT2D eigenvalue weighted by atomic mass is 14.7. The zero-order chi connectivity index (χ0) is 40.8. The van der Waals surface area contributed by atoms with Crippen LogP contribution >= 0.6 is 0 Å². The molecule has 0 spiro atoms. The lowest BCUT2D eigenvalue weighted by molar-refractivity contribution is 1.30. The summed E-state index contributed by atoms with van der Waals surface area (Å²) in [6.45, 7) is 18.1. The molecule has 0 atom stereocenters. The van der Waals surface area contributed by atoms with Crippen LogP contribution in [0.2, 0.25) is 0 Å². The zero-order valence-corrected chi connectivity index (χ0v) is 34.5. The van der Waals surface area contributed by atoms with Crippen molar-refractivity contribution in [3.8, 4) is 22.3 Å². The number of rotatable bonds is 9. The number of fused-ring (bicyclic) bond motifs is 1. The second-order valence-electron chi connectivity index (χ2n) is 12.0. The molecule has 0 aromatic heterocycles. The number of allylic oxidation sites excluding steroid dienone is 7. The predicted octanol–water partition coefficient (Wildman–Crippen LogP) is 16.6. The monoisotopic (exact) mass is 736 g/mol. The van der Waals surface area contributed by atoms with Gasteiger partial charge < -0.3 is 5.41 Å². The van der Waals surface area contributed by atoms with Crippen molar-refractivity contribution in [2.45, 2.75) is 54.9 Å². The molecule has 2 nitrogen and oxygen atoms in total. The Morgan fingerprint density at radius 1 is 0.607 bits per heavy atom. The van der Waals surface area contributed by atoms with Crippen LogP contribution in [0.5, 0.6) is 0 Å². The summed E-state index contributed by atoms with van der Waals surface area (Å²) in [5, 5.41) is 8.92. The van der Waals surface area contributed by atoms with Gasteiger partial charge in [-0.25, -0.2) is 0 Å². The van der Waals surface area contributed by atoms with Gasteiger partial charge in [0.05, 0.1) is 5.69 Å². The molecule has 0 aliphatic rings. The molecule has 0 saturated carbocycles. The molecule has 0 aliphatic carbocycles. The Kier molecular flexibility index (Phi) is 23.0. The molecule has 56 heavy (non-hydrogen) atoms. The van der Waals surface area contributed by atoms with Gasteiger partial charge in [0.25, 0.3) is 0 Å². The topological polar surface area (TPSA) is 36.2 Å². The van der Waals surface area contributed by atoms with Crippen LogP contribution in [0.15, 0.2) is 194 Å². The fourth-order valence-electron chi connectivity index (χ4n) is 5.44. The normalized spacial score (nSPS) is 10.8. The van der Waals surface area contributed by atoms with Crippen LogP contribution in [0.1, 0.15) is 71.6 Å². The van der Waals surface area contributed by atoms with Crippen molar-refractivity contribution in [1.82, 2.24) is 0 Å². The molecule has 2 heteroatoms. The summed E-state index contributed by atoms with van der Waals surface area (Å²) in [5.41, 5.74) is 10.2. The van der Waals surface area contributed by atoms with E-state index in [-0.39, 0.29) is 0 Å². The van der Waals surface area contributed by atoms with Gasteiger partial charge in [-0.3, -0.25) is 4.99 Å². The largest absolute Gasteiger partial charge is 0.313 e. The van der Waals surface area contributed by atoms with Crippen molar-refractivity contribution in [2.75, 3.05) is 0 Å². The van der Waals surface area contributed by atoms with E-state index in [1.807, 2.05) is 115 Å². The number of hydrogen-bond donors (Lipinski definition) is 1. The Morgan fingerprint density at radius 2 is 1.16 bits per heavy atom. The number of hydrogen-bond acceptors (Lipinski definition) is 2. The van der Waals surface area contributed by atoms with Crippen LogP contribution in [-0.2, 0) is 0 Å². The Labute approximate surface area is 338 Å². The first-order valence-electron chi connectivity index (χ1n) is 19.5. The first kappa shape index (κ1) is 45.8. The fraction of sp³-hybridized carbons (Fsp3) is 0.148. The number of benzene rings is 6. The van der Waals surface area contributed by atoms with Crippen molar-refractivity contribution in [1.29, 1.82) is 5.41 Å². The third-order valence-electron chi connectivity index (χ3n) is 8.19. The summed E-state index contributed by atoms with van der Waals surface area (Å²) in [6.07, 6.45) is 20.4. The van der Waals surface area contributed by atoms with E-state index in [0.717, 1.165) is 39.9 Å². The first-order valence-corrected chi connectivity index (χ1v) is 19.5. The van der Waals surface area contributed by atoms with Crippen LogP contribution in [-0.4, -0.2) is 12.4 Å². The quantitative estimate of drug-likeness (QED) is 0.0872. The summed E-state index contributed by atoms with van der Waals surface area (Å²) in [7, 11) is 0. The minimum atomic E-state index is 0.861. The van der Waals surface area contributed by atoms with E-state index in [9.17, 15) is 0 Å². The SMILES string of the molecule is C/C=C\C.C=Cc1c(/C=C\C)ccc(N=C/C=C(\C=C/C)c2ccccc2)c1-c1ccccc1.CC.CCC=N.c1ccc(-c2ccc3ccccc3c2)cc1. The van der Waals surface area contributed by atoms with E-state index in [1.54, 1.807) is 0 Å². The van der Waals surface area contributed by atoms with Gasteiger partial charge in [-0.05, 0) is 108 Å². The van der Waals surface area contributed by atoms with E-state index < -0.39 is 0 Å². The van der Waals surface area contributed by atoms with Crippen LogP contribution < -0.4 is 0 Å². The van der Waals surface area contributed by atoms with E-state index in [2.05, 4.69) is 140 Å². The minimum absolute atomic E-state index is 0.861. The predicted molar refractivity (Wildman–Crippen MR) is 254 cm³/mol. The average Bonchev–Trinajstić information content (AvgIpc) is 3.28. The van der Waals surface area contributed by atoms with E-state index >= 15 is 0 Å². The van der Waals surface area contributed by atoms with Gasteiger partial charge in [0, 0.05) is 11.8 Å². The van der Waals surface area contributed by atoms with Gasteiger partial charge in [0.15, 0.2) is 0 Å². The van der Waals surface area contributed by atoms with Crippen molar-refractivity contribution in [3.05, 3.63) is 205 Å². The second-order valence-corrected chi connectivity index (χ2v) is 12.0. The molecule has 6 aromatic carbocycles. The maximum atomic E-state index is 6.33. The van der Waals surface area contributed by atoms with Gasteiger partial charge in [0.1, 0.15) is 0 Å². The van der Waals surface area contributed by atoms with Crippen molar-refractivity contribution in [3.63, 3.8) is 0 Å². The van der Waals surface area contributed by atoms with Crippen molar-refractivity contribution < 1.29 is 0 Å². The van der Waals surface area contributed by atoms with E-state index in [1.165, 1.54) is 33.7 Å². The summed E-state index contributed by atoms with van der Waals surface area (Å²) in [5.74, 6) is 0. The Morgan fingerprint density at radius 3 is 1.70 bits per heavy atom. The lowest BCUT2D eigenvalue weighted by Gasteiger charge is -2.13. The van der Waals surface area contributed by atoms with E-state index in [0.29, 0.717) is 0 Å². The molecule has 1 N–H and O–H groups in total. The third kappa shape index (κ3) is 15.2. The van der Waals surface area contributed by atoms with Crippen LogP contribution in [0, 0.1) is 5.41 Å². The maximum Gasteiger partial charge on any atom is 0.0714 e. The molecule has 6 rings (SSSR count). The molecule has 0 bridgehead atoms. The highest BCUT2D eigenvalue weighted by Gasteiger charge is 2.11. The molecule has 0 aliphatic heterocycles. The van der Waals surface area contributed by atoms with Gasteiger partial charge in [-0.15, -0.1) is 0 Å². The molecule has 0 heterocycles. The Balaban J connectivity index is 0.000000345.